The van der Waals surface area contributed by atoms with Gasteiger partial charge in [-0.25, -0.2) is 4.39 Å². The first-order valence-electron chi connectivity index (χ1n) is 7.66. The molecular weight excluding hydrogens is 363 g/mol. The van der Waals surface area contributed by atoms with Gasteiger partial charge in [0.05, 0.1) is 23.2 Å². The SMILES string of the molecule is COCCn1c(=NC(=O)Cc2ccc(Cl)cc2)sc2cc(F)ccc21. The number of fused-ring (bicyclic) bond motifs is 1. The topological polar surface area (TPSA) is 43.6 Å². The minimum Gasteiger partial charge on any atom is -0.383 e. The van der Waals surface area contributed by atoms with Crippen LogP contribution in [0.15, 0.2) is 47.5 Å². The Hall–Kier alpha value is -2.02. The fourth-order valence-electron chi connectivity index (χ4n) is 2.45. The van der Waals surface area contributed by atoms with Gasteiger partial charge in [0, 0.05) is 18.7 Å². The summed E-state index contributed by atoms with van der Waals surface area (Å²) in [7, 11) is 1.61. The first-order valence-corrected chi connectivity index (χ1v) is 8.86. The monoisotopic (exact) mass is 378 g/mol. The predicted octanol–water partition coefficient (Wildman–Crippen LogP) is 3.81. The van der Waals surface area contributed by atoms with Crippen LogP contribution in [0.25, 0.3) is 10.2 Å². The summed E-state index contributed by atoms with van der Waals surface area (Å²) in [5, 5.41) is 0.622. The number of aromatic nitrogens is 1. The van der Waals surface area contributed by atoms with E-state index in [1.165, 1.54) is 23.5 Å². The molecule has 0 aliphatic rings. The lowest BCUT2D eigenvalue weighted by Gasteiger charge is -2.04. The van der Waals surface area contributed by atoms with Crippen LogP contribution in [-0.2, 0) is 22.5 Å². The van der Waals surface area contributed by atoms with Gasteiger partial charge in [0.1, 0.15) is 5.82 Å². The van der Waals surface area contributed by atoms with E-state index in [0.717, 1.165) is 15.8 Å². The molecule has 0 spiro atoms. The molecule has 25 heavy (non-hydrogen) atoms. The van der Waals surface area contributed by atoms with Crippen LogP contribution in [-0.4, -0.2) is 24.2 Å². The number of benzene rings is 2. The largest absolute Gasteiger partial charge is 0.383 e. The van der Waals surface area contributed by atoms with Crippen LogP contribution in [0.1, 0.15) is 5.56 Å². The first-order chi connectivity index (χ1) is 12.1. The summed E-state index contributed by atoms with van der Waals surface area (Å²) in [6, 6.07) is 11.6. The highest BCUT2D eigenvalue weighted by molar-refractivity contribution is 7.16. The molecule has 0 radical (unpaired) electrons. The van der Waals surface area contributed by atoms with Gasteiger partial charge in [-0.05, 0) is 35.9 Å². The third kappa shape index (κ3) is 4.34. The van der Waals surface area contributed by atoms with Crippen LogP contribution in [0.2, 0.25) is 5.02 Å². The van der Waals surface area contributed by atoms with Gasteiger partial charge in [0.2, 0.25) is 0 Å². The van der Waals surface area contributed by atoms with Gasteiger partial charge < -0.3 is 9.30 Å². The molecule has 0 aliphatic carbocycles. The molecule has 0 saturated heterocycles. The molecule has 130 valence electrons. The van der Waals surface area contributed by atoms with E-state index < -0.39 is 0 Å². The Bertz CT molecular complexity index is 963. The highest BCUT2D eigenvalue weighted by Crippen LogP contribution is 2.18. The zero-order chi connectivity index (χ0) is 17.8. The molecule has 3 aromatic rings. The molecule has 0 bridgehead atoms. The van der Waals surface area contributed by atoms with E-state index in [9.17, 15) is 9.18 Å². The third-order valence-electron chi connectivity index (χ3n) is 3.65. The number of carbonyl (C=O) groups excluding carboxylic acids is 1. The smallest absolute Gasteiger partial charge is 0.252 e. The molecule has 7 heteroatoms. The van der Waals surface area contributed by atoms with E-state index in [1.54, 1.807) is 37.4 Å². The maximum atomic E-state index is 13.5. The van der Waals surface area contributed by atoms with E-state index in [4.69, 9.17) is 16.3 Å². The zero-order valence-corrected chi connectivity index (χ0v) is 15.1. The summed E-state index contributed by atoms with van der Waals surface area (Å²) in [5.41, 5.74) is 1.68. The van der Waals surface area contributed by atoms with Gasteiger partial charge in [0.25, 0.3) is 5.91 Å². The number of rotatable bonds is 5. The number of carbonyl (C=O) groups is 1. The van der Waals surface area contributed by atoms with Crippen molar-refractivity contribution in [2.24, 2.45) is 4.99 Å². The summed E-state index contributed by atoms with van der Waals surface area (Å²) < 4.78 is 21.2. The minimum atomic E-state index is -0.313. The van der Waals surface area contributed by atoms with Crippen molar-refractivity contribution in [3.8, 4) is 0 Å². The van der Waals surface area contributed by atoms with Crippen LogP contribution in [0.5, 0.6) is 0 Å². The van der Waals surface area contributed by atoms with Crippen LogP contribution < -0.4 is 4.80 Å². The Morgan fingerprint density at radius 2 is 2.04 bits per heavy atom. The maximum absolute atomic E-state index is 13.5. The lowest BCUT2D eigenvalue weighted by atomic mass is 10.1. The lowest BCUT2D eigenvalue weighted by Crippen LogP contribution is -2.19. The van der Waals surface area contributed by atoms with Crippen LogP contribution in [0, 0.1) is 5.82 Å². The lowest BCUT2D eigenvalue weighted by molar-refractivity contribution is -0.117. The molecule has 3 rings (SSSR count). The van der Waals surface area contributed by atoms with Crippen molar-refractivity contribution < 1.29 is 13.9 Å². The van der Waals surface area contributed by atoms with Gasteiger partial charge >= 0.3 is 0 Å². The van der Waals surface area contributed by atoms with E-state index in [0.29, 0.717) is 23.0 Å². The Kier molecular flexibility index (Phi) is 5.63. The second-order valence-corrected chi connectivity index (χ2v) is 6.90. The highest BCUT2D eigenvalue weighted by Gasteiger charge is 2.09. The van der Waals surface area contributed by atoms with E-state index >= 15 is 0 Å². The molecule has 0 N–H and O–H groups in total. The Morgan fingerprint density at radius 1 is 1.28 bits per heavy atom. The first kappa shape index (κ1) is 17.8. The summed E-state index contributed by atoms with van der Waals surface area (Å²) in [4.78, 5) is 17.1. The fourth-order valence-corrected chi connectivity index (χ4v) is 3.68. The van der Waals surface area contributed by atoms with Gasteiger partial charge in [0.15, 0.2) is 4.80 Å². The van der Waals surface area contributed by atoms with Crippen molar-refractivity contribution >= 4 is 39.1 Å². The summed E-state index contributed by atoms with van der Waals surface area (Å²) >= 11 is 7.14. The number of methoxy groups -OCH3 is 1. The van der Waals surface area contributed by atoms with E-state index in [1.807, 2.05) is 4.57 Å². The van der Waals surface area contributed by atoms with E-state index in [2.05, 4.69) is 4.99 Å². The molecule has 1 heterocycles. The molecule has 0 aliphatic heterocycles. The quantitative estimate of drug-likeness (QED) is 0.677. The van der Waals surface area contributed by atoms with Gasteiger partial charge in [-0.2, -0.15) is 4.99 Å². The molecule has 0 unspecified atom stereocenters. The Balaban J connectivity index is 1.96. The average molecular weight is 379 g/mol. The molecule has 2 aromatic carbocycles. The van der Waals surface area contributed by atoms with Crippen molar-refractivity contribution in [3.63, 3.8) is 0 Å². The molecule has 4 nitrogen and oxygen atoms in total. The molecule has 1 aromatic heterocycles. The fraction of sp³-hybridized carbons (Fsp3) is 0.222. The van der Waals surface area contributed by atoms with Crippen molar-refractivity contribution in [1.29, 1.82) is 0 Å². The second-order valence-electron chi connectivity index (χ2n) is 5.45. The number of ether oxygens (including phenoxy) is 1. The molecule has 1 amide bonds. The normalized spacial score (nSPS) is 12.0. The average Bonchev–Trinajstić information content (AvgIpc) is 2.91. The second kappa shape index (κ2) is 7.91. The van der Waals surface area contributed by atoms with Crippen molar-refractivity contribution in [2.45, 2.75) is 13.0 Å². The predicted molar refractivity (Wildman–Crippen MR) is 97.4 cm³/mol. The van der Waals surface area contributed by atoms with E-state index in [-0.39, 0.29) is 18.1 Å². The number of hydrogen-bond donors (Lipinski definition) is 0. The number of amides is 1. The number of nitrogens with zero attached hydrogens (tertiary/aromatic N) is 2. The third-order valence-corrected chi connectivity index (χ3v) is 4.95. The highest BCUT2D eigenvalue weighted by atomic mass is 35.5. The minimum absolute atomic E-state index is 0.185. The van der Waals surface area contributed by atoms with Gasteiger partial charge in [-0.15, -0.1) is 0 Å². The summed E-state index contributed by atoms with van der Waals surface area (Å²) in [6.07, 6.45) is 0.185. The molecular formula is C18H16ClFN2O2S. The van der Waals surface area contributed by atoms with Crippen molar-refractivity contribution in [3.05, 3.63) is 63.7 Å². The Morgan fingerprint density at radius 3 is 2.76 bits per heavy atom. The maximum Gasteiger partial charge on any atom is 0.252 e. The van der Waals surface area contributed by atoms with Crippen molar-refractivity contribution in [2.75, 3.05) is 13.7 Å². The molecule has 0 atom stereocenters. The standard InChI is InChI=1S/C18H16ClFN2O2S/c1-24-9-8-22-15-7-6-14(20)11-16(15)25-18(22)21-17(23)10-12-2-4-13(19)5-3-12/h2-7,11H,8-10H2,1H3. The number of hydrogen-bond acceptors (Lipinski definition) is 3. The van der Waals surface area contributed by atoms with Crippen LogP contribution in [0.4, 0.5) is 4.39 Å². The molecule has 0 fully saturated rings. The number of halogens is 2. The summed E-state index contributed by atoms with van der Waals surface area (Å²) in [6.45, 7) is 1.01. The van der Waals surface area contributed by atoms with Crippen LogP contribution >= 0.6 is 22.9 Å². The van der Waals surface area contributed by atoms with Gasteiger partial charge in [-0.1, -0.05) is 35.1 Å². The zero-order valence-electron chi connectivity index (χ0n) is 13.5. The number of thiazole rings is 1. The summed E-state index contributed by atoms with van der Waals surface area (Å²) in [5.74, 6) is -0.577. The van der Waals surface area contributed by atoms with Gasteiger partial charge in [-0.3, -0.25) is 4.79 Å². The molecule has 0 saturated carbocycles. The Labute approximate surface area is 153 Å². The van der Waals surface area contributed by atoms with Crippen LogP contribution in [0.3, 0.4) is 0 Å². The van der Waals surface area contributed by atoms with Crippen molar-refractivity contribution in [1.82, 2.24) is 4.57 Å².